The second-order valence-corrected chi connectivity index (χ2v) is 5.73. The van der Waals surface area contributed by atoms with Crippen LogP contribution in [0.4, 0.5) is 0 Å². The van der Waals surface area contributed by atoms with E-state index in [4.69, 9.17) is 5.26 Å². The Balaban J connectivity index is 2.62. The minimum atomic E-state index is -0.206. The average Bonchev–Trinajstić information content (AvgIpc) is 2.28. The van der Waals surface area contributed by atoms with Crippen LogP contribution < -0.4 is 0 Å². The number of nitriles is 1. The Bertz CT molecular complexity index is 363. The van der Waals surface area contributed by atoms with E-state index >= 15 is 0 Å². The van der Waals surface area contributed by atoms with Crippen molar-refractivity contribution >= 4 is 11.8 Å². The smallest absolute Gasteiger partial charge is 0.138 e. The van der Waals surface area contributed by atoms with Gasteiger partial charge in [0.15, 0.2) is 0 Å². The molecule has 1 N–H and O–H groups in total. The molecule has 1 aliphatic carbocycles. The van der Waals surface area contributed by atoms with Gasteiger partial charge in [0.05, 0.1) is 6.10 Å². The van der Waals surface area contributed by atoms with Crippen LogP contribution in [0, 0.1) is 16.6 Å². The van der Waals surface area contributed by atoms with Crippen LogP contribution in [-0.2, 0) is 0 Å². The van der Waals surface area contributed by atoms with E-state index in [9.17, 15) is 5.11 Å². The van der Waals surface area contributed by atoms with Gasteiger partial charge in [0.25, 0.3) is 0 Å². The third kappa shape index (κ3) is 4.57. The molecule has 0 aromatic rings. The molecule has 0 spiro atoms. The number of hydrogen-bond donors (Lipinski definition) is 1. The van der Waals surface area contributed by atoms with Crippen LogP contribution in [0.5, 0.6) is 0 Å². The zero-order valence-corrected chi connectivity index (χ0v) is 11.7. The van der Waals surface area contributed by atoms with Crippen molar-refractivity contribution in [1.82, 2.24) is 0 Å². The van der Waals surface area contributed by atoms with E-state index in [0.29, 0.717) is 5.92 Å². The Morgan fingerprint density at radius 1 is 1.41 bits per heavy atom. The number of aliphatic hydroxyl groups is 1. The van der Waals surface area contributed by atoms with Gasteiger partial charge in [-0.2, -0.15) is 5.26 Å². The average molecular weight is 251 g/mol. The molecule has 1 rings (SSSR count). The zero-order valence-electron chi connectivity index (χ0n) is 10.9. The molecule has 3 heteroatoms. The predicted molar refractivity (Wildman–Crippen MR) is 73.3 cm³/mol. The quantitative estimate of drug-likeness (QED) is 0.751. The van der Waals surface area contributed by atoms with E-state index in [-0.39, 0.29) is 6.10 Å². The van der Waals surface area contributed by atoms with E-state index in [0.717, 1.165) is 25.7 Å². The Labute approximate surface area is 108 Å². The number of hydrogen-bond acceptors (Lipinski definition) is 3. The number of aliphatic hydroxyl groups excluding tert-OH is 1. The summed E-state index contributed by atoms with van der Waals surface area (Å²) in [6, 6.07) is 0. The summed E-state index contributed by atoms with van der Waals surface area (Å²) in [5.41, 5.74) is 2.70. The van der Waals surface area contributed by atoms with Gasteiger partial charge in [-0.25, -0.2) is 0 Å². The molecule has 2 unspecified atom stereocenters. The third-order valence-electron chi connectivity index (χ3n) is 3.30. The molecule has 94 valence electrons. The monoisotopic (exact) mass is 251 g/mol. The van der Waals surface area contributed by atoms with Gasteiger partial charge >= 0.3 is 0 Å². The second kappa shape index (κ2) is 6.88. The fourth-order valence-electron chi connectivity index (χ4n) is 2.14. The fourth-order valence-corrected chi connectivity index (χ4v) is 2.67. The first kappa shape index (κ1) is 14.3. The van der Waals surface area contributed by atoms with E-state index in [2.05, 4.69) is 25.3 Å². The minimum absolute atomic E-state index is 0.206. The molecule has 0 fully saturated rings. The number of allylic oxidation sites excluding steroid dienone is 4. The van der Waals surface area contributed by atoms with Crippen LogP contribution in [0.15, 0.2) is 22.1 Å². The van der Waals surface area contributed by atoms with Crippen LogP contribution in [0.2, 0.25) is 0 Å². The van der Waals surface area contributed by atoms with E-state index in [1.165, 1.54) is 27.8 Å². The Kier molecular flexibility index (Phi) is 5.80. The molecule has 0 heterocycles. The summed E-state index contributed by atoms with van der Waals surface area (Å²) < 4.78 is 0. The highest BCUT2D eigenvalue weighted by Crippen LogP contribution is 2.35. The molecule has 0 amide bonds. The lowest BCUT2D eigenvalue weighted by Crippen LogP contribution is -2.08. The Hall–Kier alpha value is -0.720. The van der Waals surface area contributed by atoms with Gasteiger partial charge in [-0.05, 0) is 62.8 Å². The van der Waals surface area contributed by atoms with Crippen LogP contribution in [-0.4, -0.2) is 11.2 Å². The summed E-state index contributed by atoms with van der Waals surface area (Å²) >= 11 is 1.29. The lowest BCUT2D eigenvalue weighted by molar-refractivity contribution is 0.176. The number of nitrogens with zero attached hydrogens (tertiary/aromatic N) is 1. The van der Waals surface area contributed by atoms with Crippen molar-refractivity contribution in [2.45, 2.75) is 52.6 Å². The van der Waals surface area contributed by atoms with Crippen molar-refractivity contribution in [2.75, 3.05) is 0 Å². The van der Waals surface area contributed by atoms with Gasteiger partial charge in [0.1, 0.15) is 5.40 Å². The van der Waals surface area contributed by atoms with Crippen molar-refractivity contribution in [3.63, 3.8) is 0 Å². The SMILES string of the molecule is CC1=C(SC#N)CCC(C(C)CCC(C)O)=C1. The second-order valence-electron chi connectivity index (χ2n) is 4.85. The number of thiocyanates is 1. The normalized spacial score (nSPS) is 19.6. The predicted octanol–water partition coefficient (Wildman–Crippen LogP) is 3.99. The highest BCUT2D eigenvalue weighted by Gasteiger charge is 2.16. The minimum Gasteiger partial charge on any atom is -0.393 e. The van der Waals surface area contributed by atoms with Gasteiger partial charge in [-0.15, -0.1) is 0 Å². The van der Waals surface area contributed by atoms with Gasteiger partial charge in [0.2, 0.25) is 0 Å². The van der Waals surface area contributed by atoms with Crippen LogP contribution in [0.25, 0.3) is 0 Å². The first-order chi connectivity index (χ1) is 8.04. The summed E-state index contributed by atoms with van der Waals surface area (Å²) in [6.07, 6.45) is 5.98. The first-order valence-electron chi connectivity index (χ1n) is 6.18. The Morgan fingerprint density at radius 3 is 2.65 bits per heavy atom. The highest BCUT2D eigenvalue weighted by molar-refractivity contribution is 8.07. The van der Waals surface area contributed by atoms with Crippen molar-refractivity contribution in [2.24, 2.45) is 5.92 Å². The van der Waals surface area contributed by atoms with E-state index in [1.807, 2.05) is 6.92 Å². The number of rotatable bonds is 5. The standard InChI is InChI=1S/C14H21NOS/c1-10(4-5-12(3)16)13-6-7-14(17-9-15)11(2)8-13/h8,10,12,16H,4-7H2,1-3H3. The molecule has 0 saturated carbocycles. The van der Waals surface area contributed by atoms with E-state index < -0.39 is 0 Å². The lowest BCUT2D eigenvalue weighted by atomic mass is 9.87. The number of thioether (sulfide) groups is 1. The van der Waals surface area contributed by atoms with Gasteiger partial charge in [-0.3, -0.25) is 0 Å². The summed E-state index contributed by atoms with van der Waals surface area (Å²) in [4.78, 5) is 1.21. The third-order valence-corrected chi connectivity index (χ3v) is 4.17. The first-order valence-corrected chi connectivity index (χ1v) is 7.00. The molecule has 1 aliphatic rings. The largest absolute Gasteiger partial charge is 0.393 e. The van der Waals surface area contributed by atoms with Gasteiger partial charge < -0.3 is 5.11 Å². The van der Waals surface area contributed by atoms with Crippen molar-refractivity contribution in [3.05, 3.63) is 22.1 Å². The topological polar surface area (TPSA) is 44.0 Å². The molecule has 17 heavy (non-hydrogen) atoms. The lowest BCUT2D eigenvalue weighted by Gasteiger charge is -2.21. The van der Waals surface area contributed by atoms with Crippen LogP contribution in [0.3, 0.4) is 0 Å². The van der Waals surface area contributed by atoms with Crippen molar-refractivity contribution in [3.8, 4) is 5.40 Å². The molecule has 0 aromatic heterocycles. The maximum Gasteiger partial charge on any atom is 0.138 e. The zero-order chi connectivity index (χ0) is 12.8. The van der Waals surface area contributed by atoms with Crippen LogP contribution >= 0.6 is 11.8 Å². The Morgan fingerprint density at radius 2 is 2.12 bits per heavy atom. The summed E-state index contributed by atoms with van der Waals surface area (Å²) in [5.74, 6) is 0.535. The van der Waals surface area contributed by atoms with Crippen molar-refractivity contribution < 1.29 is 5.11 Å². The van der Waals surface area contributed by atoms with Crippen LogP contribution in [0.1, 0.15) is 46.5 Å². The maximum absolute atomic E-state index is 9.30. The molecule has 0 aliphatic heterocycles. The van der Waals surface area contributed by atoms with Crippen molar-refractivity contribution in [1.29, 1.82) is 5.26 Å². The summed E-state index contributed by atoms with van der Waals surface area (Å²) in [6.45, 7) is 6.15. The maximum atomic E-state index is 9.30. The van der Waals surface area contributed by atoms with Gasteiger partial charge in [0, 0.05) is 4.91 Å². The summed E-state index contributed by atoms with van der Waals surface area (Å²) in [7, 11) is 0. The molecule has 0 bridgehead atoms. The molecule has 0 aromatic carbocycles. The molecule has 0 saturated heterocycles. The molecular formula is C14H21NOS. The van der Waals surface area contributed by atoms with Gasteiger partial charge in [-0.1, -0.05) is 18.6 Å². The molecular weight excluding hydrogens is 230 g/mol. The molecule has 2 atom stereocenters. The molecule has 2 nitrogen and oxygen atoms in total. The molecule has 0 radical (unpaired) electrons. The summed E-state index contributed by atoms with van der Waals surface area (Å²) in [5, 5.41) is 20.1. The van der Waals surface area contributed by atoms with E-state index in [1.54, 1.807) is 0 Å². The highest BCUT2D eigenvalue weighted by atomic mass is 32.2. The fraction of sp³-hybridized carbons (Fsp3) is 0.643.